The normalized spacial score (nSPS) is 13.1. The molecule has 3 amide bonds. The van der Waals surface area contributed by atoms with Crippen LogP contribution in [-0.2, 0) is 14.3 Å². The summed E-state index contributed by atoms with van der Waals surface area (Å²) in [5.41, 5.74) is 1.40. The molecule has 182 valence electrons. The first-order valence-electron chi connectivity index (χ1n) is 10.8. The third-order valence-electron chi connectivity index (χ3n) is 5.15. The number of hydrogen-bond donors (Lipinski definition) is 2. The van der Waals surface area contributed by atoms with E-state index >= 15 is 0 Å². The van der Waals surface area contributed by atoms with Gasteiger partial charge in [-0.15, -0.1) is 0 Å². The number of carbonyl (C=O) groups is 4. The summed E-state index contributed by atoms with van der Waals surface area (Å²) in [5, 5.41) is 5.48. The Labute approximate surface area is 216 Å². The van der Waals surface area contributed by atoms with Crippen molar-refractivity contribution in [2.45, 2.75) is 6.92 Å². The number of nitrogens with zero attached hydrogens (tertiary/aromatic N) is 1. The number of halogens is 2. The van der Waals surface area contributed by atoms with Crippen LogP contribution in [-0.4, -0.2) is 30.3 Å². The van der Waals surface area contributed by atoms with Crippen LogP contribution in [0.1, 0.15) is 27.6 Å². The molecule has 3 aromatic carbocycles. The van der Waals surface area contributed by atoms with Crippen molar-refractivity contribution < 1.29 is 23.9 Å². The number of amides is 3. The molecule has 0 aromatic heterocycles. The molecule has 10 heteroatoms. The second kappa shape index (κ2) is 10.6. The van der Waals surface area contributed by atoms with Crippen molar-refractivity contribution in [3.05, 3.63) is 99.7 Å². The Morgan fingerprint density at radius 2 is 1.53 bits per heavy atom. The molecule has 0 fully saturated rings. The van der Waals surface area contributed by atoms with Crippen molar-refractivity contribution in [1.82, 2.24) is 0 Å². The van der Waals surface area contributed by atoms with Gasteiger partial charge in [0.1, 0.15) is 10.7 Å². The van der Waals surface area contributed by atoms with E-state index in [4.69, 9.17) is 27.9 Å². The van der Waals surface area contributed by atoms with Crippen LogP contribution in [0.5, 0.6) is 0 Å². The average molecular weight is 524 g/mol. The quantitative estimate of drug-likeness (QED) is 0.325. The Morgan fingerprint density at radius 3 is 2.25 bits per heavy atom. The topological polar surface area (TPSA) is 105 Å². The molecule has 0 aliphatic carbocycles. The van der Waals surface area contributed by atoms with Gasteiger partial charge in [-0.3, -0.25) is 14.4 Å². The molecule has 0 unspecified atom stereocenters. The number of para-hydroxylation sites is 1. The molecule has 2 N–H and O–H groups in total. The van der Waals surface area contributed by atoms with Gasteiger partial charge in [0.05, 0.1) is 22.9 Å². The lowest BCUT2D eigenvalue weighted by Gasteiger charge is -2.16. The SMILES string of the molecule is CCOC(=O)c1cccc(NC(=O)c2cccc(NC3=C(Cl)C(=O)N(c4ccccc4Cl)C3=O)c2)c1. The summed E-state index contributed by atoms with van der Waals surface area (Å²) in [7, 11) is 0. The summed E-state index contributed by atoms with van der Waals surface area (Å²) in [6.45, 7) is 1.94. The molecule has 0 saturated heterocycles. The highest BCUT2D eigenvalue weighted by atomic mass is 35.5. The fraction of sp³-hybridized carbons (Fsp3) is 0.0769. The Morgan fingerprint density at radius 1 is 0.861 bits per heavy atom. The number of rotatable bonds is 7. The first kappa shape index (κ1) is 25.0. The number of ether oxygens (including phenoxy) is 1. The summed E-state index contributed by atoms with van der Waals surface area (Å²) in [4.78, 5) is 51.4. The molecule has 0 saturated carbocycles. The van der Waals surface area contributed by atoms with E-state index in [1.54, 1.807) is 61.5 Å². The summed E-state index contributed by atoms with van der Waals surface area (Å²) in [6, 6.07) is 19.1. The molecular formula is C26H19Cl2N3O5. The van der Waals surface area contributed by atoms with Crippen molar-refractivity contribution >= 4 is 64.0 Å². The standard InChI is InChI=1S/C26H19Cl2N3O5/c1-2-36-26(35)16-8-6-10-18(14-16)30-23(32)15-7-5-9-17(13-15)29-22-21(28)24(33)31(25(22)34)20-12-4-3-11-19(20)27/h3-14,29H,2H2,1H3,(H,30,32). The number of hydrogen-bond acceptors (Lipinski definition) is 6. The summed E-state index contributed by atoms with van der Waals surface area (Å²) in [5.74, 6) is -2.34. The largest absolute Gasteiger partial charge is 0.462 e. The van der Waals surface area contributed by atoms with E-state index in [9.17, 15) is 19.2 Å². The van der Waals surface area contributed by atoms with Gasteiger partial charge in [-0.1, -0.05) is 47.5 Å². The highest BCUT2D eigenvalue weighted by Gasteiger charge is 2.39. The molecule has 0 atom stereocenters. The van der Waals surface area contributed by atoms with Crippen molar-refractivity contribution in [3.63, 3.8) is 0 Å². The van der Waals surface area contributed by atoms with Gasteiger partial charge < -0.3 is 15.4 Å². The van der Waals surface area contributed by atoms with E-state index in [0.717, 1.165) is 4.90 Å². The molecule has 8 nitrogen and oxygen atoms in total. The lowest BCUT2D eigenvalue weighted by atomic mass is 10.1. The average Bonchev–Trinajstić information content (AvgIpc) is 3.08. The van der Waals surface area contributed by atoms with Gasteiger partial charge in [0.25, 0.3) is 17.7 Å². The molecule has 3 aromatic rings. The molecular weight excluding hydrogens is 505 g/mol. The maximum atomic E-state index is 13.0. The summed E-state index contributed by atoms with van der Waals surface area (Å²) < 4.78 is 4.98. The zero-order chi connectivity index (χ0) is 25.8. The second-order valence-corrected chi connectivity index (χ2v) is 8.33. The van der Waals surface area contributed by atoms with Crippen LogP contribution in [0, 0.1) is 0 Å². The monoisotopic (exact) mass is 523 g/mol. The van der Waals surface area contributed by atoms with Crippen molar-refractivity contribution in [2.75, 3.05) is 22.1 Å². The van der Waals surface area contributed by atoms with E-state index in [2.05, 4.69) is 10.6 Å². The van der Waals surface area contributed by atoms with Crippen molar-refractivity contribution in [1.29, 1.82) is 0 Å². The van der Waals surface area contributed by atoms with E-state index in [0.29, 0.717) is 16.9 Å². The van der Waals surface area contributed by atoms with Crippen LogP contribution < -0.4 is 15.5 Å². The van der Waals surface area contributed by atoms with E-state index in [1.165, 1.54) is 18.2 Å². The minimum absolute atomic E-state index is 0.138. The van der Waals surface area contributed by atoms with Gasteiger partial charge in [0.2, 0.25) is 0 Å². The third kappa shape index (κ3) is 5.10. The maximum absolute atomic E-state index is 13.0. The fourth-order valence-corrected chi connectivity index (χ4v) is 3.92. The number of nitrogens with one attached hydrogen (secondary N) is 2. The van der Waals surface area contributed by atoms with Gasteiger partial charge in [0.15, 0.2) is 0 Å². The van der Waals surface area contributed by atoms with Gasteiger partial charge in [0, 0.05) is 16.9 Å². The smallest absolute Gasteiger partial charge is 0.338 e. The van der Waals surface area contributed by atoms with Crippen LogP contribution in [0.2, 0.25) is 5.02 Å². The number of carbonyl (C=O) groups excluding carboxylic acids is 4. The van der Waals surface area contributed by atoms with Crippen LogP contribution in [0.25, 0.3) is 0 Å². The molecule has 0 radical (unpaired) electrons. The van der Waals surface area contributed by atoms with Crippen LogP contribution >= 0.6 is 23.2 Å². The van der Waals surface area contributed by atoms with Gasteiger partial charge in [-0.2, -0.15) is 0 Å². The van der Waals surface area contributed by atoms with E-state index in [1.807, 2.05) is 0 Å². The van der Waals surface area contributed by atoms with Crippen LogP contribution in [0.3, 0.4) is 0 Å². The van der Waals surface area contributed by atoms with Gasteiger partial charge >= 0.3 is 5.97 Å². The third-order valence-corrected chi connectivity index (χ3v) is 5.82. The molecule has 0 bridgehead atoms. The first-order chi connectivity index (χ1) is 17.3. The summed E-state index contributed by atoms with van der Waals surface area (Å²) >= 11 is 12.3. The van der Waals surface area contributed by atoms with Crippen LogP contribution in [0.4, 0.5) is 17.1 Å². The Balaban J connectivity index is 1.51. The van der Waals surface area contributed by atoms with Gasteiger partial charge in [-0.05, 0) is 55.5 Å². The maximum Gasteiger partial charge on any atom is 0.338 e. The zero-order valence-corrected chi connectivity index (χ0v) is 20.4. The predicted octanol–water partition coefficient (Wildman–Crippen LogP) is 5.20. The van der Waals surface area contributed by atoms with Crippen LogP contribution in [0.15, 0.2) is 83.5 Å². The van der Waals surface area contributed by atoms with Crippen molar-refractivity contribution in [3.8, 4) is 0 Å². The molecule has 0 spiro atoms. The predicted molar refractivity (Wildman–Crippen MR) is 137 cm³/mol. The Kier molecular flexibility index (Phi) is 7.38. The minimum Gasteiger partial charge on any atom is -0.462 e. The fourth-order valence-electron chi connectivity index (χ4n) is 3.49. The lowest BCUT2D eigenvalue weighted by molar-refractivity contribution is -0.120. The first-order valence-corrected chi connectivity index (χ1v) is 11.5. The molecule has 36 heavy (non-hydrogen) atoms. The Hall–Kier alpha value is -4.14. The van der Waals surface area contributed by atoms with Gasteiger partial charge in [-0.25, -0.2) is 9.69 Å². The summed E-state index contributed by atoms with van der Waals surface area (Å²) in [6.07, 6.45) is 0. The van der Waals surface area contributed by atoms with E-state index in [-0.39, 0.29) is 33.6 Å². The molecule has 1 heterocycles. The number of benzene rings is 3. The van der Waals surface area contributed by atoms with Crippen molar-refractivity contribution in [2.24, 2.45) is 0 Å². The molecule has 1 aliphatic rings. The highest BCUT2D eigenvalue weighted by molar-refractivity contribution is 6.53. The number of anilines is 3. The zero-order valence-electron chi connectivity index (χ0n) is 18.9. The molecule has 1 aliphatic heterocycles. The second-order valence-electron chi connectivity index (χ2n) is 7.55. The number of imide groups is 1. The highest BCUT2D eigenvalue weighted by Crippen LogP contribution is 2.34. The molecule has 4 rings (SSSR count). The lowest BCUT2D eigenvalue weighted by Crippen LogP contribution is -2.32. The minimum atomic E-state index is -0.715. The number of esters is 1. The Bertz CT molecular complexity index is 1420. The van der Waals surface area contributed by atoms with E-state index < -0.39 is 23.7 Å².